The zero-order valence-electron chi connectivity index (χ0n) is 22.0. The highest BCUT2D eigenvalue weighted by atomic mass is 32.1. The van der Waals surface area contributed by atoms with Crippen LogP contribution in [0.2, 0.25) is 0 Å². The molecule has 0 atom stereocenters. The van der Waals surface area contributed by atoms with Crippen LogP contribution in [-0.2, 0) is 10.2 Å². The number of allylic oxidation sites excluding steroid dienone is 5. The summed E-state index contributed by atoms with van der Waals surface area (Å²) in [5.74, 6) is -0.119. The molecule has 7 heteroatoms. The molecule has 3 aliphatic rings. The van der Waals surface area contributed by atoms with Crippen molar-refractivity contribution in [3.8, 4) is 12.8 Å². The number of terminal acetylenes is 1. The fourth-order valence-corrected chi connectivity index (χ4v) is 5.50. The number of amides is 1. The number of halogens is 3. The Balaban J connectivity index is 0.000000530. The molecule has 1 amide bonds. The van der Waals surface area contributed by atoms with Crippen molar-refractivity contribution >= 4 is 23.3 Å². The minimum Gasteiger partial charge on any atom is -0.352 e. The summed E-state index contributed by atoms with van der Waals surface area (Å²) in [7, 11) is 0. The summed E-state index contributed by atoms with van der Waals surface area (Å²) in [6.07, 6.45) is 17.3. The maximum Gasteiger partial charge on any atom is 0.416 e. The minimum atomic E-state index is -4.38. The lowest BCUT2D eigenvalue weighted by Gasteiger charge is -2.39. The van der Waals surface area contributed by atoms with Crippen LogP contribution in [0.4, 0.5) is 13.2 Å². The van der Waals surface area contributed by atoms with Crippen molar-refractivity contribution in [2.75, 3.05) is 26.2 Å². The predicted octanol–water partition coefficient (Wildman–Crippen LogP) is 7.32. The number of alkyl halides is 3. The zero-order chi connectivity index (χ0) is 28.1. The number of rotatable bonds is 6. The molecule has 1 aliphatic heterocycles. The van der Waals surface area contributed by atoms with Gasteiger partial charge in [-0.15, -0.1) is 12.8 Å². The molecule has 2 aromatic rings. The van der Waals surface area contributed by atoms with Crippen molar-refractivity contribution in [2.45, 2.75) is 43.7 Å². The number of likely N-dealkylation sites (tertiary alicyclic amines) is 1. The number of hydrogen-bond acceptors (Lipinski definition) is 3. The van der Waals surface area contributed by atoms with E-state index in [1.807, 2.05) is 22.9 Å². The van der Waals surface area contributed by atoms with Crippen LogP contribution in [-0.4, -0.2) is 43.2 Å². The van der Waals surface area contributed by atoms with E-state index in [2.05, 4.69) is 59.5 Å². The third-order valence-corrected chi connectivity index (χ3v) is 7.73. The average Bonchev–Trinajstić information content (AvgIpc) is 3.57. The fourth-order valence-electron chi connectivity index (χ4n) is 5.05. The van der Waals surface area contributed by atoms with E-state index in [0.717, 1.165) is 51.0 Å². The van der Waals surface area contributed by atoms with E-state index in [-0.39, 0.29) is 17.9 Å². The van der Waals surface area contributed by atoms with E-state index in [1.165, 1.54) is 17.2 Å². The van der Waals surface area contributed by atoms with Gasteiger partial charge in [0.2, 0.25) is 5.91 Å². The van der Waals surface area contributed by atoms with Crippen molar-refractivity contribution in [3.05, 3.63) is 99.8 Å². The Morgan fingerprint density at radius 2 is 1.77 bits per heavy atom. The normalized spacial score (nSPS) is 17.5. The molecule has 206 valence electrons. The first kappa shape index (κ1) is 30.2. The molecule has 5 rings (SSSR count). The maximum absolute atomic E-state index is 13.0. The van der Waals surface area contributed by atoms with Gasteiger partial charge in [0.1, 0.15) is 0 Å². The SMILES string of the molecule is C#C.O=C(CCCN1CCC2(C=Cc3ccccc32)CC1)NCC1=CCC=CC(C(F)(F)F)=C1.c1ccsc1. The number of fused-ring (bicyclic) bond motifs is 2. The molecule has 1 saturated heterocycles. The van der Waals surface area contributed by atoms with Crippen LogP contribution in [0.25, 0.3) is 6.08 Å². The van der Waals surface area contributed by atoms with E-state index >= 15 is 0 Å². The number of carbonyl (C=O) groups is 1. The Bertz CT molecular complexity index is 1180. The van der Waals surface area contributed by atoms with Gasteiger partial charge in [-0.25, -0.2) is 0 Å². The standard InChI is InChI=1S/C26H29F3N2O.C4H4S.C2H2/c27-26(28,29)22-8-3-1-6-20(18-22)19-30-24(32)10-5-15-31-16-13-25(14-17-31)12-11-21-7-2-4-9-23(21)25;1-2-4-5-3-1;1-2/h2-4,6-9,11-12,18H,1,5,10,13-17,19H2,(H,30,32);1-4H;1-2H. The van der Waals surface area contributed by atoms with Gasteiger partial charge in [-0.2, -0.15) is 24.5 Å². The lowest BCUT2D eigenvalue weighted by atomic mass is 9.74. The number of hydrogen-bond donors (Lipinski definition) is 1. The van der Waals surface area contributed by atoms with Gasteiger partial charge in [0, 0.05) is 18.4 Å². The van der Waals surface area contributed by atoms with Crippen LogP contribution < -0.4 is 5.32 Å². The largest absolute Gasteiger partial charge is 0.416 e. The van der Waals surface area contributed by atoms with E-state index in [4.69, 9.17) is 0 Å². The molecule has 2 heterocycles. The van der Waals surface area contributed by atoms with E-state index in [9.17, 15) is 18.0 Å². The fraction of sp³-hybridized carbons (Fsp3) is 0.344. The van der Waals surface area contributed by atoms with E-state index in [0.29, 0.717) is 18.4 Å². The molecule has 2 aliphatic carbocycles. The van der Waals surface area contributed by atoms with Crippen LogP contribution in [0.5, 0.6) is 0 Å². The molecule has 0 unspecified atom stereocenters. The number of nitrogens with zero attached hydrogens (tertiary/aromatic N) is 1. The molecule has 1 aromatic heterocycles. The second-order valence-corrected chi connectivity index (χ2v) is 10.4. The van der Waals surface area contributed by atoms with Gasteiger partial charge >= 0.3 is 6.18 Å². The quantitative estimate of drug-likeness (QED) is 0.381. The third-order valence-electron chi connectivity index (χ3n) is 7.10. The monoisotopic (exact) mass is 552 g/mol. The Hall–Kier alpha value is -3.34. The van der Waals surface area contributed by atoms with Crippen LogP contribution >= 0.6 is 11.3 Å². The smallest absolute Gasteiger partial charge is 0.352 e. The summed E-state index contributed by atoms with van der Waals surface area (Å²) < 4.78 is 38.9. The molecule has 0 saturated carbocycles. The topological polar surface area (TPSA) is 32.3 Å². The lowest BCUT2D eigenvalue weighted by molar-refractivity contribution is -0.121. The first-order chi connectivity index (χ1) is 18.9. The van der Waals surface area contributed by atoms with Crippen molar-refractivity contribution in [3.63, 3.8) is 0 Å². The molecular weight excluding hydrogens is 517 g/mol. The molecule has 3 nitrogen and oxygen atoms in total. The molecule has 1 spiro atoms. The highest BCUT2D eigenvalue weighted by molar-refractivity contribution is 7.07. The number of carbonyl (C=O) groups excluding carboxylic acids is 1. The Labute approximate surface area is 233 Å². The molecule has 1 N–H and O–H groups in total. The van der Waals surface area contributed by atoms with E-state index in [1.54, 1.807) is 17.4 Å². The Kier molecular flexibility index (Phi) is 11.4. The Morgan fingerprint density at radius 3 is 2.44 bits per heavy atom. The van der Waals surface area contributed by atoms with E-state index < -0.39 is 11.7 Å². The van der Waals surface area contributed by atoms with Crippen molar-refractivity contribution < 1.29 is 18.0 Å². The van der Waals surface area contributed by atoms with Crippen LogP contribution in [0.15, 0.2) is 88.7 Å². The minimum absolute atomic E-state index is 0.119. The van der Waals surface area contributed by atoms with Crippen LogP contribution in [0.1, 0.15) is 43.2 Å². The summed E-state index contributed by atoms with van der Waals surface area (Å²) in [6.45, 7) is 2.99. The summed E-state index contributed by atoms with van der Waals surface area (Å²) in [4.78, 5) is 14.6. The summed E-state index contributed by atoms with van der Waals surface area (Å²) in [6, 6.07) is 12.6. The van der Waals surface area contributed by atoms with Gasteiger partial charge in [-0.1, -0.05) is 66.8 Å². The van der Waals surface area contributed by atoms with Gasteiger partial charge in [0.25, 0.3) is 0 Å². The third kappa shape index (κ3) is 8.84. The van der Waals surface area contributed by atoms with Gasteiger partial charge < -0.3 is 10.2 Å². The number of nitrogens with one attached hydrogen (secondary N) is 1. The van der Waals surface area contributed by atoms with Gasteiger partial charge in [0.05, 0.1) is 5.57 Å². The maximum atomic E-state index is 13.0. The molecule has 1 aromatic carbocycles. The zero-order valence-corrected chi connectivity index (χ0v) is 22.8. The summed E-state index contributed by atoms with van der Waals surface area (Å²) in [5.41, 5.74) is 2.73. The molecule has 0 bridgehead atoms. The second-order valence-electron chi connectivity index (χ2n) is 9.61. The summed E-state index contributed by atoms with van der Waals surface area (Å²) >= 11 is 1.71. The summed E-state index contributed by atoms with van der Waals surface area (Å²) in [5, 5.41) is 6.85. The van der Waals surface area contributed by atoms with Gasteiger partial charge in [0.15, 0.2) is 0 Å². The average molecular weight is 553 g/mol. The van der Waals surface area contributed by atoms with Gasteiger partial charge in [-0.05, 0) is 78.9 Å². The molecular formula is C32H35F3N2OS. The first-order valence-corrected chi connectivity index (χ1v) is 14.0. The number of benzene rings is 1. The van der Waals surface area contributed by atoms with Crippen LogP contribution in [0.3, 0.4) is 0 Å². The van der Waals surface area contributed by atoms with Crippen LogP contribution in [0, 0.1) is 12.8 Å². The van der Waals surface area contributed by atoms with Crippen molar-refractivity contribution in [1.82, 2.24) is 10.2 Å². The second kappa shape index (κ2) is 14.7. The molecule has 1 fully saturated rings. The van der Waals surface area contributed by atoms with Gasteiger partial charge in [-0.3, -0.25) is 4.79 Å². The first-order valence-electron chi connectivity index (χ1n) is 13.1. The molecule has 39 heavy (non-hydrogen) atoms. The van der Waals surface area contributed by atoms with Crippen molar-refractivity contribution in [1.29, 1.82) is 0 Å². The highest BCUT2D eigenvalue weighted by Gasteiger charge is 2.37. The number of piperidine rings is 1. The predicted molar refractivity (Wildman–Crippen MR) is 155 cm³/mol. The molecule has 0 radical (unpaired) electrons. The lowest BCUT2D eigenvalue weighted by Crippen LogP contribution is -2.41. The van der Waals surface area contributed by atoms with Crippen molar-refractivity contribution in [2.24, 2.45) is 0 Å². The number of thiophene rings is 1. The Morgan fingerprint density at radius 1 is 1.05 bits per heavy atom. The highest BCUT2D eigenvalue weighted by Crippen LogP contribution is 2.43.